The molecule has 0 aliphatic rings. The van der Waals surface area contributed by atoms with E-state index in [1.165, 1.54) is 0 Å². The molecule has 0 spiro atoms. The molecule has 0 atom stereocenters. The first-order valence-corrected chi connectivity index (χ1v) is 6.76. The van der Waals surface area contributed by atoms with Gasteiger partial charge in [0, 0.05) is 42.8 Å². The minimum absolute atomic E-state index is 0.699. The minimum Gasteiger partial charge on any atom is -0.378 e. The van der Waals surface area contributed by atoms with Crippen LogP contribution in [-0.4, -0.2) is 34.3 Å². The van der Waals surface area contributed by atoms with Crippen molar-refractivity contribution >= 4 is 5.69 Å². The summed E-state index contributed by atoms with van der Waals surface area (Å²) in [6.45, 7) is 1.96. The average molecular weight is 279 g/mol. The monoisotopic (exact) mass is 279 g/mol. The molecule has 0 fully saturated rings. The molecule has 0 radical (unpaired) electrons. The lowest BCUT2D eigenvalue weighted by Crippen LogP contribution is -2.07. The lowest BCUT2D eigenvalue weighted by Gasteiger charge is -2.11. The molecule has 0 unspecified atom stereocenters. The molecule has 2 aromatic heterocycles. The lowest BCUT2D eigenvalue weighted by atomic mass is 10.2. The molecule has 1 N–H and O–H groups in total. The van der Waals surface area contributed by atoms with Crippen LogP contribution in [0.4, 0.5) is 5.69 Å². The Hall–Kier alpha value is -2.69. The Labute approximate surface area is 123 Å². The SMILES string of the molecule is Cc1cc(-c2nc(-c3ccc(N(C)C)cc3)n[nH]2)ccn1. The van der Waals surface area contributed by atoms with Crippen molar-refractivity contribution in [2.45, 2.75) is 6.92 Å². The first kappa shape index (κ1) is 13.3. The number of hydrogen-bond donors (Lipinski definition) is 1. The number of rotatable bonds is 3. The van der Waals surface area contributed by atoms with Gasteiger partial charge in [0.15, 0.2) is 11.6 Å². The van der Waals surface area contributed by atoms with Gasteiger partial charge in [0.25, 0.3) is 0 Å². The van der Waals surface area contributed by atoms with E-state index in [1.807, 2.05) is 45.3 Å². The van der Waals surface area contributed by atoms with E-state index in [4.69, 9.17) is 0 Å². The summed E-state index contributed by atoms with van der Waals surface area (Å²) in [4.78, 5) is 10.8. The van der Waals surface area contributed by atoms with Gasteiger partial charge in [0.05, 0.1) is 0 Å². The third-order valence-corrected chi connectivity index (χ3v) is 3.30. The van der Waals surface area contributed by atoms with Crippen molar-refractivity contribution in [3.8, 4) is 22.8 Å². The second-order valence-electron chi connectivity index (χ2n) is 5.13. The molecule has 0 aliphatic heterocycles. The standard InChI is InChI=1S/C16H17N5/c1-11-10-13(8-9-17-11)16-18-15(19-20-16)12-4-6-14(7-5-12)21(2)3/h4-10H,1-3H3,(H,18,19,20). The fourth-order valence-corrected chi connectivity index (χ4v) is 2.12. The van der Waals surface area contributed by atoms with Crippen LogP contribution in [-0.2, 0) is 0 Å². The van der Waals surface area contributed by atoms with Crippen molar-refractivity contribution in [2.75, 3.05) is 19.0 Å². The van der Waals surface area contributed by atoms with Crippen LogP contribution in [0.1, 0.15) is 5.69 Å². The topological polar surface area (TPSA) is 57.7 Å². The Bertz CT molecular complexity index is 743. The quantitative estimate of drug-likeness (QED) is 0.801. The molecule has 0 saturated heterocycles. The Kier molecular flexibility index (Phi) is 3.39. The Balaban J connectivity index is 1.91. The van der Waals surface area contributed by atoms with Gasteiger partial charge in [-0.25, -0.2) is 4.98 Å². The predicted octanol–water partition coefficient (Wildman–Crippen LogP) is 2.91. The summed E-state index contributed by atoms with van der Waals surface area (Å²) < 4.78 is 0. The highest BCUT2D eigenvalue weighted by atomic mass is 15.2. The number of aryl methyl sites for hydroxylation is 1. The zero-order valence-corrected chi connectivity index (χ0v) is 12.3. The number of nitrogens with zero attached hydrogens (tertiary/aromatic N) is 4. The first-order valence-electron chi connectivity index (χ1n) is 6.76. The molecule has 106 valence electrons. The minimum atomic E-state index is 0.699. The third-order valence-electron chi connectivity index (χ3n) is 3.30. The summed E-state index contributed by atoms with van der Waals surface area (Å²) >= 11 is 0. The zero-order valence-electron chi connectivity index (χ0n) is 12.3. The van der Waals surface area contributed by atoms with Gasteiger partial charge in [0.1, 0.15) is 0 Å². The summed E-state index contributed by atoms with van der Waals surface area (Å²) in [5.74, 6) is 1.46. The summed E-state index contributed by atoms with van der Waals surface area (Å²) in [7, 11) is 4.04. The molecule has 0 saturated carbocycles. The van der Waals surface area contributed by atoms with Gasteiger partial charge in [-0.2, -0.15) is 5.10 Å². The van der Waals surface area contributed by atoms with Crippen molar-refractivity contribution in [3.05, 3.63) is 48.3 Å². The van der Waals surface area contributed by atoms with Crippen LogP contribution in [0.2, 0.25) is 0 Å². The van der Waals surface area contributed by atoms with Crippen molar-refractivity contribution < 1.29 is 0 Å². The van der Waals surface area contributed by atoms with Crippen LogP contribution in [0.25, 0.3) is 22.8 Å². The van der Waals surface area contributed by atoms with Crippen LogP contribution in [0.5, 0.6) is 0 Å². The molecule has 3 aromatic rings. The van der Waals surface area contributed by atoms with Gasteiger partial charge in [0.2, 0.25) is 0 Å². The van der Waals surface area contributed by atoms with Gasteiger partial charge in [-0.3, -0.25) is 10.1 Å². The van der Waals surface area contributed by atoms with Crippen LogP contribution in [0.15, 0.2) is 42.6 Å². The van der Waals surface area contributed by atoms with Crippen LogP contribution >= 0.6 is 0 Å². The predicted molar refractivity (Wildman–Crippen MR) is 84.1 cm³/mol. The number of aromatic amines is 1. The van der Waals surface area contributed by atoms with E-state index in [0.29, 0.717) is 5.82 Å². The molecular formula is C16H17N5. The van der Waals surface area contributed by atoms with Gasteiger partial charge in [-0.15, -0.1) is 0 Å². The molecule has 3 rings (SSSR count). The summed E-state index contributed by atoms with van der Waals surface area (Å²) in [5, 5.41) is 7.28. The number of anilines is 1. The number of hydrogen-bond acceptors (Lipinski definition) is 4. The van der Waals surface area contributed by atoms with Crippen molar-refractivity contribution in [1.82, 2.24) is 20.2 Å². The van der Waals surface area contributed by atoms with Crippen LogP contribution < -0.4 is 4.90 Å². The molecule has 5 nitrogen and oxygen atoms in total. The number of pyridine rings is 1. The molecule has 1 aromatic carbocycles. The smallest absolute Gasteiger partial charge is 0.181 e. The van der Waals surface area contributed by atoms with Crippen LogP contribution in [0.3, 0.4) is 0 Å². The molecule has 0 aliphatic carbocycles. The van der Waals surface area contributed by atoms with E-state index < -0.39 is 0 Å². The number of H-pyrrole nitrogens is 1. The molecule has 5 heteroatoms. The van der Waals surface area contributed by atoms with E-state index in [-0.39, 0.29) is 0 Å². The maximum absolute atomic E-state index is 4.56. The summed E-state index contributed by atoms with van der Waals surface area (Å²) in [5.41, 5.74) is 4.10. The highest BCUT2D eigenvalue weighted by Gasteiger charge is 2.08. The third kappa shape index (κ3) is 2.76. The second-order valence-corrected chi connectivity index (χ2v) is 5.13. The van der Waals surface area contributed by atoms with E-state index in [9.17, 15) is 0 Å². The van der Waals surface area contributed by atoms with Gasteiger partial charge < -0.3 is 4.90 Å². The Morgan fingerprint density at radius 2 is 1.76 bits per heavy atom. The number of nitrogens with one attached hydrogen (secondary N) is 1. The van der Waals surface area contributed by atoms with Gasteiger partial charge >= 0.3 is 0 Å². The number of aromatic nitrogens is 4. The van der Waals surface area contributed by atoms with E-state index in [0.717, 1.165) is 28.3 Å². The highest BCUT2D eigenvalue weighted by Crippen LogP contribution is 2.22. The maximum atomic E-state index is 4.56. The lowest BCUT2D eigenvalue weighted by molar-refractivity contribution is 1.09. The van der Waals surface area contributed by atoms with Crippen molar-refractivity contribution in [2.24, 2.45) is 0 Å². The van der Waals surface area contributed by atoms with E-state index in [1.54, 1.807) is 6.20 Å². The largest absolute Gasteiger partial charge is 0.378 e. The molecule has 2 heterocycles. The molecular weight excluding hydrogens is 262 g/mol. The first-order chi connectivity index (χ1) is 10.1. The van der Waals surface area contributed by atoms with E-state index in [2.05, 4.69) is 37.2 Å². The summed E-state index contributed by atoms with van der Waals surface area (Å²) in [6, 6.07) is 12.1. The van der Waals surface area contributed by atoms with Crippen LogP contribution in [0, 0.1) is 6.92 Å². The number of benzene rings is 1. The van der Waals surface area contributed by atoms with E-state index >= 15 is 0 Å². The Morgan fingerprint density at radius 3 is 2.43 bits per heavy atom. The normalized spacial score (nSPS) is 10.6. The molecule has 21 heavy (non-hydrogen) atoms. The molecule has 0 amide bonds. The van der Waals surface area contributed by atoms with Gasteiger partial charge in [-0.1, -0.05) is 0 Å². The highest BCUT2D eigenvalue weighted by molar-refractivity contribution is 5.63. The maximum Gasteiger partial charge on any atom is 0.181 e. The van der Waals surface area contributed by atoms with Crippen molar-refractivity contribution in [3.63, 3.8) is 0 Å². The van der Waals surface area contributed by atoms with Crippen molar-refractivity contribution in [1.29, 1.82) is 0 Å². The summed E-state index contributed by atoms with van der Waals surface area (Å²) in [6.07, 6.45) is 1.78. The van der Waals surface area contributed by atoms with Gasteiger partial charge in [-0.05, 0) is 43.3 Å². The zero-order chi connectivity index (χ0) is 14.8. The molecule has 0 bridgehead atoms. The fourth-order valence-electron chi connectivity index (χ4n) is 2.12. The second kappa shape index (κ2) is 5.36. The average Bonchev–Trinajstić information content (AvgIpc) is 2.97. The Morgan fingerprint density at radius 1 is 1.00 bits per heavy atom. The fraction of sp³-hybridized carbons (Fsp3) is 0.188.